The van der Waals surface area contributed by atoms with Crippen molar-refractivity contribution in [3.05, 3.63) is 71.9 Å². The van der Waals surface area contributed by atoms with Crippen LogP contribution in [0.4, 0.5) is 0 Å². The summed E-state index contributed by atoms with van der Waals surface area (Å²) < 4.78 is 5.38. The standard InChI is InChI=1S/C17H16N2O/c1-20-16-7-3-2-6-14(16)17(18)13-9-8-12-5-4-10-19-15(12)11-13/h2-11,17H,18H2,1H3. The largest absolute Gasteiger partial charge is 0.496 e. The van der Waals surface area contributed by atoms with Crippen LogP contribution in [0.15, 0.2) is 60.8 Å². The molecule has 2 N–H and O–H groups in total. The first-order chi connectivity index (χ1) is 9.79. The molecule has 3 heteroatoms. The van der Waals surface area contributed by atoms with E-state index in [4.69, 9.17) is 10.5 Å². The number of aromatic nitrogens is 1. The van der Waals surface area contributed by atoms with Gasteiger partial charge in [0.15, 0.2) is 0 Å². The molecule has 0 radical (unpaired) electrons. The number of pyridine rings is 1. The van der Waals surface area contributed by atoms with Gasteiger partial charge in [-0.1, -0.05) is 36.4 Å². The fourth-order valence-electron chi connectivity index (χ4n) is 2.38. The predicted octanol–water partition coefficient (Wildman–Crippen LogP) is 3.29. The van der Waals surface area contributed by atoms with Crippen molar-refractivity contribution in [3.8, 4) is 5.75 Å². The van der Waals surface area contributed by atoms with Crippen LogP contribution in [0.3, 0.4) is 0 Å². The maximum Gasteiger partial charge on any atom is 0.123 e. The molecule has 20 heavy (non-hydrogen) atoms. The molecule has 0 saturated carbocycles. The average molecular weight is 264 g/mol. The van der Waals surface area contributed by atoms with Gasteiger partial charge in [0, 0.05) is 17.1 Å². The van der Waals surface area contributed by atoms with Gasteiger partial charge in [0.1, 0.15) is 5.75 Å². The number of benzene rings is 2. The second-order valence-corrected chi connectivity index (χ2v) is 4.68. The maximum atomic E-state index is 6.38. The summed E-state index contributed by atoms with van der Waals surface area (Å²) in [5, 5.41) is 1.11. The van der Waals surface area contributed by atoms with Crippen LogP contribution in [0.2, 0.25) is 0 Å². The van der Waals surface area contributed by atoms with Crippen molar-refractivity contribution < 1.29 is 4.74 Å². The number of fused-ring (bicyclic) bond motifs is 1. The van der Waals surface area contributed by atoms with Crippen LogP contribution < -0.4 is 10.5 Å². The number of rotatable bonds is 3. The van der Waals surface area contributed by atoms with Crippen molar-refractivity contribution in [2.24, 2.45) is 5.73 Å². The Balaban J connectivity index is 2.05. The molecule has 0 aliphatic carbocycles. The Bertz CT molecular complexity index is 740. The highest BCUT2D eigenvalue weighted by molar-refractivity contribution is 5.79. The first-order valence-electron chi connectivity index (χ1n) is 6.53. The molecule has 0 amide bonds. The molecule has 1 aromatic heterocycles. The van der Waals surface area contributed by atoms with Crippen LogP contribution in [0.25, 0.3) is 10.9 Å². The highest BCUT2D eigenvalue weighted by Crippen LogP contribution is 2.29. The molecular formula is C17H16N2O. The molecule has 0 aliphatic rings. The Morgan fingerprint density at radius 1 is 1.05 bits per heavy atom. The van der Waals surface area contributed by atoms with E-state index in [1.807, 2.05) is 54.6 Å². The Hall–Kier alpha value is -2.39. The lowest BCUT2D eigenvalue weighted by Gasteiger charge is -2.16. The number of nitrogens with two attached hydrogens (primary N) is 1. The lowest BCUT2D eigenvalue weighted by Crippen LogP contribution is -2.13. The van der Waals surface area contributed by atoms with Gasteiger partial charge in [0.25, 0.3) is 0 Å². The van der Waals surface area contributed by atoms with Gasteiger partial charge >= 0.3 is 0 Å². The van der Waals surface area contributed by atoms with E-state index in [9.17, 15) is 0 Å². The van der Waals surface area contributed by atoms with E-state index >= 15 is 0 Å². The molecule has 100 valence electrons. The lowest BCUT2D eigenvalue weighted by molar-refractivity contribution is 0.408. The van der Waals surface area contributed by atoms with Gasteiger partial charge in [-0.05, 0) is 23.8 Å². The molecule has 0 aliphatic heterocycles. The molecule has 1 atom stereocenters. The van der Waals surface area contributed by atoms with Crippen LogP contribution in [0.5, 0.6) is 5.75 Å². The fourth-order valence-corrected chi connectivity index (χ4v) is 2.38. The van der Waals surface area contributed by atoms with Gasteiger partial charge < -0.3 is 10.5 Å². The topological polar surface area (TPSA) is 48.1 Å². The first-order valence-corrected chi connectivity index (χ1v) is 6.53. The zero-order valence-electron chi connectivity index (χ0n) is 11.3. The van der Waals surface area contributed by atoms with E-state index in [0.717, 1.165) is 27.8 Å². The van der Waals surface area contributed by atoms with Gasteiger partial charge in [-0.2, -0.15) is 0 Å². The van der Waals surface area contributed by atoms with Crippen LogP contribution in [-0.2, 0) is 0 Å². The Morgan fingerprint density at radius 3 is 2.75 bits per heavy atom. The smallest absolute Gasteiger partial charge is 0.123 e. The molecular weight excluding hydrogens is 248 g/mol. The van der Waals surface area contributed by atoms with Crippen molar-refractivity contribution >= 4 is 10.9 Å². The van der Waals surface area contributed by atoms with E-state index in [0.29, 0.717) is 0 Å². The van der Waals surface area contributed by atoms with Crippen LogP contribution in [-0.4, -0.2) is 12.1 Å². The molecule has 0 spiro atoms. The Kier molecular flexibility index (Phi) is 3.35. The van der Waals surface area contributed by atoms with E-state index in [1.165, 1.54) is 0 Å². The number of hydrogen-bond donors (Lipinski definition) is 1. The zero-order chi connectivity index (χ0) is 13.9. The van der Waals surface area contributed by atoms with Crippen molar-refractivity contribution in [1.82, 2.24) is 4.98 Å². The highest BCUT2D eigenvalue weighted by atomic mass is 16.5. The predicted molar refractivity (Wildman–Crippen MR) is 80.8 cm³/mol. The number of methoxy groups -OCH3 is 1. The summed E-state index contributed by atoms with van der Waals surface area (Å²) in [4.78, 5) is 4.37. The minimum atomic E-state index is -0.224. The molecule has 2 aromatic carbocycles. The second kappa shape index (κ2) is 5.31. The molecule has 1 heterocycles. The molecule has 1 unspecified atom stereocenters. The van der Waals surface area contributed by atoms with Gasteiger partial charge in [-0.3, -0.25) is 4.98 Å². The molecule has 0 saturated heterocycles. The summed E-state index contributed by atoms with van der Waals surface area (Å²) >= 11 is 0. The van der Waals surface area contributed by atoms with Crippen molar-refractivity contribution in [2.75, 3.05) is 7.11 Å². The normalized spacial score (nSPS) is 12.3. The SMILES string of the molecule is COc1ccccc1C(N)c1ccc2cccnc2c1. The Morgan fingerprint density at radius 2 is 1.90 bits per heavy atom. The third-order valence-corrected chi connectivity index (χ3v) is 3.46. The van der Waals surface area contributed by atoms with Gasteiger partial charge in [-0.25, -0.2) is 0 Å². The zero-order valence-corrected chi connectivity index (χ0v) is 11.3. The van der Waals surface area contributed by atoms with Crippen LogP contribution >= 0.6 is 0 Å². The summed E-state index contributed by atoms with van der Waals surface area (Å²) in [7, 11) is 1.66. The third kappa shape index (κ3) is 2.24. The summed E-state index contributed by atoms with van der Waals surface area (Å²) in [5.41, 5.74) is 9.34. The van der Waals surface area contributed by atoms with E-state index in [2.05, 4.69) is 4.98 Å². The molecule has 3 nitrogen and oxygen atoms in total. The minimum absolute atomic E-state index is 0.224. The van der Waals surface area contributed by atoms with Crippen molar-refractivity contribution in [2.45, 2.75) is 6.04 Å². The first kappa shape index (κ1) is 12.6. The summed E-state index contributed by atoms with van der Waals surface area (Å²) in [5.74, 6) is 0.807. The van der Waals surface area contributed by atoms with Gasteiger partial charge in [0.2, 0.25) is 0 Å². The van der Waals surface area contributed by atoms with E-state index < -0.39 is 0 Å². The fraction of sp³-hybridized carbons (Fsp3) is 0.118. The highest BCUT2D eigenvalue weighted by Gasteiger charge is 2.13. The molecule has 3 aromatic rings. The molecule has 0 fully saturated rings. The van der Waals surface area contributed by atoms with E-state index in [1.54, 1.807) is 13.3 Å². The number of ether oxygens (including phenoxy) is 1. The second-order valence-electron chi connectivity index (χ2n) is 4.68. The van der Waals surface area contributed by atoms with Gasteiger partial charge in [0.05, 0.1) is 18.7 Å². The number of para-hydroxylation sites is 1. The average Bonchev–Trinajstić information content (AvgIpc) is 2.53. The molecule has 0 bridgehead atoms. The van der Waals surface area contributed by atoms with Gasteiger partial charge in [-0.15, -0.1) is 0 Å². The van der Waals surface area contributed by atoms with Crippen molar-refractivity contribution in [1.29, 1.82) is 0 Å². The lowest BCUT2D eigenvalue weighted by atomic mass is 9.97. The summed E-state index contributed by atoms with van der Waals surface area (Å²) in [6.45, 7) is 0. The number of nitrogens with zero attached hydrogens (tertiary/aromatic N) is 1. The Labute approximate surface area is 118 Å². The van der Waals surface area contributed by atoms with Crippen molar-refractivity contribution in [3.63, 3.8) is 0 Å². The minimum Gasteiger partial charge on any atom is -0.496 e. The quantitative estimate of drug-likeness (QED) is 0.789. The number of hydrogen-bond acceptors (Lipinski definition) is 3. The van der Waals surface area contributed by atoms with Crippen LogP contribution in [0, 0.1) is 0 Å². The maximum absolute atomic E-state index is 6.38. The monoisotopic (exact) mass is 264 g/mol. The summed E-state index contributed by atoms with van der Waals surface area (Å²) in [6.07, 6.45) is 1.79. The van der Waals surface area contributed by atoms with E-state index in [-0.39, 0.29) is 6.04 Å². The molecule has 3 rings (SSSR count). The summed E-state index contributed by atoms with van der Waals surface area (Å²) in [6, 6.07) is 17.7. The van der Waals surface area contributed by atoms with Crippen LogP contribution in [0.1, 0.15) is 17.2 Å². The third-order valence-electron chi connectivity index (χ3n) is 3.46.